The van der Waals surface area contributed by atoms with Crippen molar-refractivity contribution in [1.29, 1.82) is 0 Å². The normalized spacial score (nSPS) is 9.71. The standard InChI is InChI=1S/C16H15FN4O3/c17-12-8-6-11(7-9-12)15(23)21-20-14(22)10-18-16(24)19-13-4-2-1-3-5-13/h1-9H,10H2,(H,20,22)(H,21,23)(H2,18,19,24). The first-order valence-electron chi connectivity index (χ1n) is 6.99. The lowest BCUT2D eigenvalue weighted by atomic mass is 10.2. The lowest BCUT2D eigenvalue weighted by Crippen LogP contribution is -2.47. The first-order valence-corrected chi connectivity index (χ1v) is 6.99. The van der Waals surface area contributed by atoms with Gasteiger partial charge in [-0.3, -0.25) is 20.4 Å². The first-order chi connectivity index (χ1) is 11.5. The second kappa shape index (κ2) is 8.28. The van der Waals surface area contributed by atoms with Gasteiger partial charge in [0.25, 0.3) is 11.8 Å². The fourth-order valence-corrected chi connectivity index (χ4v) is 1.70. The van der Waals surface area contributed by atoms with Crippen LogP contribution in [-0.4, -0.2) is 24.4 Å². The van der Waals surface area contributed by atoms with Crippen molar-refractivity contribution >= 4 is 23.5 Å². The van der Waals surface area contributed by atoms with Gasteiger partial charge in [-0.2, -0.15) is 0 Å². The van der Waals surface area contributed by atoms with E-state index in [0.717, 1.165) is 12.1 Å². The number of para-hydroxylation sites is 1. The average molecular weight is 330 g/mol. The molecule has 2 rings (SSSR count). The molecule has 2 aromatic rings. The molecule has 0 radical (unpaired) electrons. The maximum atomic E-state index is 12.7. The molecule has 0 unspecified atom stereocenters. The molecule has 0 aromatic heterocycles. The van der Waals surface area contributed by atoms with Crippen LogP contribution < -0.4 is 21.5 Å². The molecular formula is C16H15FN4O3. The van der Waals surface area contributed by atoms with Crippen LogP contribution in [0.2, 0.25) is 0 Å². The molecule has 4 amide bonds. The highest BCUT2D eigenvalue weighted by Crippen LogP contribution is 2.04. The molecule has 0 saturated heterocycles. The number of carbonyl (C=O) groups is 3. The van der Waals surface area contributed by atoms with Crippen LogP contribution in [0.25, 0.3) is 0 Å². The fraction of sp³-hybridized carbons (Fsp3) is 0.0625. The third-order valence-corrected chi connectivity index (χ3v) is 2.86. The van der Waals surface area contributed by atoms with Gasteiger partial charge in [0.05, 0.1) is 0 Å². The Balaban J connectivity index is 1.70. The summed E-state index contributed by atoms with van der Waals surface area (Å²) in [6.07, 6.45) is 0. The number of benzene rings is 2. The number of anilines is 1. The molecule has 0 heterocycles. The van der Waals surface area contributed by atoms with E-state index in [2.05, 4.69) is 21.5 Å². The minimum absolute atomic E-state index is 0.187. The number of hydrazine groups is 1. The van der Waals surface area contributed by atoms with E-state index in [4.69, 9.17) is 0 Å². The van der Waals surface area contributed by atoms with Crippen LogP contribution in [0.4, 0.5) is 14.9 Å². The molecule has 24 heavy (non-hydrogen) atoms. The van der Waals surface area contributed by atoms with E-state index < -0.39 is 23.7 Å². The number of nitrogens with one attached hydrogen (secondary N) is 4. The molecular weight excluding hydrogens is 315 g/mol. The number of urea groups is 1. The van der Waals surface area contributed by atoms with Gasteiger partial charge in [0.15, 0.2) is 0 Å². The molecule has 8 heteroatoms. The first kappa shape index (κ1) is 16.9. The van der Waals surface area contributed by atoms with E-state index in [1.807, 2.05) is 0 Å². The van der Waals surface area contributed by atoms with Crippen LogP contribution in [-0.2, 0) is 4.79 Å². The summed E-state index contributed by atoms with van der Waals surface area (Å²) in [5.41, 5.74) is 5.07. The van der Waals surface area contributed by atoms with Crippen molar-refractivity contribution < 1.29 is 18.8 Å². The number of carbonyl (C=O) groups excluding carboxylic acids is 3. The molecule has 124 valence electrons. The Bertz CT molecular complexity index is 720. The Kier molecular flexibility index (Phi) is 5.84. The van der Waals surface area contributed by atoms with Gasteiger partial charge in [0.1, 0.15) is 12.4 Å². The van der Waals surface area contributed by atoms with Crippen molar-refractivity contribution in [1.82, 2.24) is 16.2 Å². The molecule has 0 aliphatic carbocycles. The fourth-order valence-electron chi connectivity index (χ4n) is 1.70. The number of rotatable bonds is 4. The summed E-state index contributed by atoms with van der Waals surface area (Å²) in [5, 5.41) is 4.88. The van der Waals surface area contributed by atoms with Crippen molar-refractivity contribution in [3.05, 3.63) is 66.0 Å². The highest BCUT2D eigenvalue weighted by Gasteiger charge is 2.08. The van der Waals surface area contributed by atoms with E-state index in [1.54, 1.807) is 30.3 Å². The summed E-state index contributed by atoms with van der Waals surface area (Å²) < 4.78 is 12.7. The average Bonchev–Trinajstić information content (AvgIpc) is 2.59. The Labute approximate surface area is 137 Å². The van der Waals surface area contributed by atoms with E-state index in [9.17, 15) is 18.8 Å². The van der Waals surface area contributed by atoms with Crippen molar-refractivity contribution in [3.8, 4) is 0 Å². The summed E-state index contributed by atoms with van der Waals surface area (Å²) >= 11 is 0. The molecule has 2 aromatic carbocycles. The SMILES string of the molecule is O=C(CNC(=O)Nc1ccccc1)NNC(=O)c1ccc(F)cc1. The zero-order valence-corrected chi connectivity index (χ0v) is 12.5. The molecule has 0 fully saturated rings. The predicted molar refractivity (Wildman–Crippen MR) is 85.5 cm³/mol. The Morgan fingerprint density at radius 1 is 0.875 bits per heavy atom. The smallest absolute Gasteiger partial charge is 0.319 e. The van der Waals surface area contributed by atoms with Crippen LogP contribution in [0.1, 0.15) is 10.4 Å². The second-order valence-electron chi connectivity index (χ2n) is 4.68. The van der Waals surface area contributed by atoms with Gasteiger partial charge in [-0.05, 0) is 36.4 Å². The van der Waals surface area contributed by atoms with E-state index in [1.165, 1.54) is 12.1 Å². The largest absolute Gasteiger partial charge is 0.329 e. The molecule has 0 bridgehead atoms. The van der Waals surface area contributed by atoms with Gasteiger partial charge in [-0.1, -0.05) is 18.2 Å². The van der Waals surface area contributed by atoms with E-state index in [-0.39, 0.29) is 12.1 Å². The molecule has 0 aliphatic rings. The number of halogens is 1. The molecule has 0 saturated carbocycles. The minimum atomic E-state index is -0.617. The van der Waals surface area contributed by atoms with Gasteiger partial charge >= 0.3 is 6.03 Å². The zero-order chi connectivity index (χ0) is 17.4. The Morgan fingerprint density at radius 2 is 1.54 bits per heavy atom. The van der Waals surface area contributed by atoms with Gasteiger partial charge in [-0.25, -0.2) is 9.18 Å². The molecule has 4 N–H and O–H groups in total. The quantitative estimate of drug-likeness (QED) is 0.638. The van der Waals surface area contributed by atoms with Crippen LogP contribution in [0.3, 0.4) is 0 Å². The summed E-state index contributed by atoms with van der Waals surface area (Å²) in [4.78, 5) is 34.8. The minimum Gasteiger partial charge on any atom is -0.329 e. The van der Waals surface area contributed by atoms with Gasteiger partial charge in [0.2, 0.25) is 0 Å². The predicted octanol–water partition coefficient (Wildman–Crippen LogP) is 1.41. The van der Waals surface area contributed by atoms with E-state index >= 15 is 0 Å². The monoisotopic (exact) mass is 330 g/mol. The molecule has 0 aliphatic heterocycles. The van der Waals surface area contributed by atoms with E-state index in [0.29, 0.717) is 5.69 Å². The maximum absolute atomic E-state index is 12.7. The van der Waals surface area contributed by atoms with Crippen molar-refractivity contribution in [3.63, 3.8) is 0 Å². The van der Waals surface area contributed by atoms with Crippen LogP contribution in [0, 0.1) is 5.82 Å². The number of hydrogen-bond acceptors (Lipinski definition) is 3. The third kappa shape index (κ3) is 5.41. The lowest BCUT2D eigenvalue weighted by Gasteiger charge is -2.09. The van der Waals surface area contributed by atoms with Crippen molar-refractivity contribution in [2.75, 3.05) is 11.9 Å². The number of amides is 4. The summed E-state index contributed by atoms with van der Waals surface area (Å²) in [6.45, 7) is -0.331. The van der Waals surface area contributed by atoms with Gasteiger partial charge in [-0.15, -0.1) is 0 Å². The Hall–Kier alpha value is -3.42. The van der Waals surface area contributed by atoms with Crippen LogP contribution in [0.5, 0.6) is 0 Å². The highest BCUT2D eigenvalue weighted by atomic mass is 19.1. The molecule has 0 spiro atoms. The summed E-state index contributed by atoms with van der Waals surface area (Å²) in [5.74, 6) is -1.69. The third-order valence-electron chi connectivity index (χ3n) is 2.86. The van der Waals surface area contributed by atoms with Crippen molar-refractivity contribution in [2.24, 2.45) is 0 Å². The lowest BCUT2D eigenvalue weighted by molar-refractivity contribution is -0.120. The summed E-state index contributed by atoms with van der Waals surface area (Å²) in [6, 6.07) is 13.0. The van der Waals surface area contributed by atoms with Crippen LogP contribution >= 0.6 is 0 Å². The van der Waals surface area contributed by atoms with Gasteiger partial charge < -0.3 is 10.6 Å². The Morgan fingerprint density at radius 3 is 2.21 bits per heavy atom. The topological polar surface area (TPSA) is 99.3 Å². The molecule has 7 nitrogen and oxygen atoms in total. The second-order valence-corrected chi connectivity index (χ2v) is 4.68. The van der Waals surface area contributed by atoms with Crippen molar-refractivity contribution in [2.45, 2.75) is 0 Å². The number of hydrogen-bond donors (Lipinski definition) is 4. The summed E-state index contributed by atoms with van der Waals surface area (Å²) in [7, 11) is 0. The van der Waals surface area contributed by atoms with Gasteiger partial charge in [0, 0.05) is 11.3 Å². The maximum Gasteiger partial charge on any atom is 0.319 e. The highest BCUT2D eigenvalue weighted by molar-refractivity contribution is 5.96. The van der Waals surface area contributed by atoms with Crippen LogP contribution in [0.15, 0.2) is 54.6 Å². The zero-order valence-electron chi connectivity index (χ0n) is 12.5. The molecule has 0 atom stereocenters.